The fourth-order valence-corrected chi connectivity index (χ4v) is 3.37. The van der Waals surface area contributed by atoms with Gasteiger partial charge in [0.05, 0.1) is 5.69 Å². The van der Waals surface area contributed by atoms with Gasteiger partial charge < -0.3 is 9.80 Å². The van der Waals surface area contributed by atoms with Gasteiger partial charge in [-0.25, -0.2) is 8.78 Å². The number of halogens is 2. The minimum absolute atomic E-state index is 0.219. The molecule has 0 aliphatic carbocycles. The van der Waals surface area contributed by atoms with E-state index in [1.807, 2.05) is 24.1 Å². The molecule has 138 valence electrons. The van der Waals surface area contributed by atoms with E-state index >= 15 is 0 Å². The van der Waals surface area contributed by atoms with Crippen LogP contribution in [0.4, 0.5) is 20.2 Å². The molecule has 1 aliphatic rings. The highest BCUT2D eigenvalue weighted by Gasteiger charge is 2.21. The van der Waals surface area contributed by atoms with E-state index < -0.39 is 11.6 Å². The van der Waals surface area contributed by atoms with Crippen molar-refractivity contribution in [1.82, 2.24) is 14.7 Å². The third-order valence-electron chi connectivity index (χ3n) is 4.62. The Hall–Kier alpha value is -3.06. The van der Waals surface area contributed by atoms with Crippen molar-refractivity contribution in [2.24, 2.45) is 0 Å². The zero-order chi connectivity index (χ0) is 19.0. The maximum absolute atomic E-state index is 13.7. The van der Waals surface area contributed by atoms with Crippen LogP contribution in [-0.4, -0.2) is 34.8 Å². The van der Waals surface area contributed by atoms with Gasteiger partial charge in [-0.15, -0.1) is 0 Å². The lowest BCUT2D eigenvalue weighted by Crippen LogP contribution is -2.26. The number of anilines is 2. The van der Waals surface area contributed by atoms with Crippen LogP contribution in [0.1, 0.15) is 5.56 Å². The first-order chi connectivity index (χ1) is 13.0. The van der Waals surface area contributed by atoms with Gasteiger partial charge in [0.15, 0.2) is 0 Å². The smallest absolute Gasteiger partial charge is 0.271 e. The zero-order valence-corrected chi connectivity index (χ0v) is 14.8. The molecule has 0 amide bonds. The fourth-order valence-electron chi connectivity index (χ4n) is 3.37. The van der Waals surface area contributed by atoms with Gasteiger partial charge in [-0.05, 0) is 49.0 Å². The van der Waals surface area contributed by atoms with Gasteiger partial charge in [-0.2, -0.15) is 9.78 Å². The summed E-state index contributed by atoms with van der Waals surface area (Å²) in [4.78, 5) is 16.1. The maximum Gasteiger partial charge on any atom is 0.271 e. The molecule has 0 radical (unpaired) electrons. The summed E-state index contributed by atoms with van der Waals surface area (Å²) in [5.74, 6) is -1.22. The first-order valence-corrected chi connectivity index (χ1v) is 8.61. The number of benzene rings is 2. The van der Waals surface area contributed by atoms with Gasteiger partial charge in [0.25, 0.3) is 5.56 Å². The van der Waals surface area contributed by atoms with E-state index in [1.54, 1.807) is 18.3 Å². The summed E-state index contributed by atoms with van der Waals surface area (Å²) in [5, 5.41) is 4.12. The Balaban J connectivity index is 1.83. The third-order valence-corrected chi connectivity index (χ3v) is 4.62. The predicted molar refractivity (Wildman–Crippen MR) is 99.5 cm³/mol. The number of likely N-dealkylation sites (N-methyl/N-ethyl adjacent to an activating group) is 1. The van der Waals surface area contributed by atoms with Crippen LogP contribution in [0.25, 0.3) is 5.69 Å². The second kappa shape index (κ2) is 6.92. The molecule has 0 atom stereocenters. The summed E-state index contributed by atoms with van der Waals surface area (Å²) in [6.07, 6.45) is 1.56. The molecule has 0 fully saturated rings. The lowest BCUT2D eigenvalue weighted by atomic mass is 10.1. The van der Waals surface area contributed by atoms with E-state index in [2.05, 4.69) is 10.00 Å². The standard InChI is InChI=1S/C20H18F2N4O/c1-24-7-8-25(18-11-15(21)10-16(22)12-18)19-5-4-17(9-14(19)13-24)26-20(27)3-2-6-23-26/h2-6,9-12H,7-8,13H2,1H3. The molecule has 7 heteroatoms. The van der Waals surface area contributed by atoms with Crippen LogP contribution in [0.2, 0.25) is 0 Å². The SMILES string of the molecule is CN1CCN(c2cc(F)cc(F)c2)c2ccc(-n3ncccc3=O)cc2C1. The highest BCUT2D eigenvalue weighted by Crippen LogP contribution is 2.33. The summed E-state index contributed by atoms with van der Waals surface area (Å²) in [5.41, 5.74) is 2.71. The van der Waals surface area contributed by atoms with Crippen LogP contribution in [0.5, 0.6) is 0 Å². The van der Waals surface area contributed by atoms with Crippen LogP contribution < -0.4 is 10.5 Å². The molecular formula is C20H18F2N4O. The summed E-state index contributed by atoms with van der Waals surface area (Å²) >= 11 is 0. The van der Waals surface area contributed by atoms with Gasteiger partial charge in [0.2, 0.25) is 0 Å². The van der Waals surface area contributed by atoms with Gasteiger partial charge >= 0.3 is 0 Å². The van der Waals surface area contributed by atoms with Crippen molar-refractivity contribution in [1.29, 1.82) is 0 Å². The van der Waals surface area contributed by atoms with Crippen LogP contribution in [-0.2, 0) is 6.54 Å². The number of aromatic nitrogens is 2. The lowest BCUT2D eigenvalue weighted by molar-refractivity contribution is 0.343. The first-order valence-electron chi connectivity index (χ1n) is 8.61. The molecule has 0 saturated heterocycles. The molecule has 0 bridgehead atoms. The normalized spacial score (nSPS) is 14.7. The van der Waals surface area contributed by atoms with Crippen molar-refractivity contribution in [2.75, 3.05) is 25.0 Å². The molecule has 4 rings (SSSR count). The van der Waals surface area contributed by atoms with Crippen LogP contribution in [0, 0.1) is 11.6 Å². The summed E-state index contributed by atoms with van der Waals surface area (Å²) in [7, 11) is 1.99. The van der Waals surface area contributed by atoms with E-state index in [9.17, 15) is 13.6 Å². The predicted octanol–water partition coefficient (Wildman–Crippen LogP) is 3.09. The number of fused-ring (bicyclic) bond motifs is 1. The highest BCUT2D eigenvalue weighted by molar-refractivity contribution is 5.68. The summed E-state index contributed by atoms with van der Waals surface area (Å²) < 4.78 is 28.8. The van der Waals surface area contributed by atoms with Gasteiger partial charge in [-0.3, -0.25) is 4.79 Å². The fraction of sp³-hybridized carbons (Fsp3) is 0.200. The largest absolute Gasteiger partial charge is 0.340 e. The minimum atomic E-state index is -0.610. The molecular weight excluding hydrogens is 350 g/mol. The number of hydrogen-bond acceptors (Lipinski definition) is 4. The van der Waals surface area contributed by atoms with Gasteiger partial charge in [-0.1, -0.05) is 0 Å². The van der Waals surface area contributed by atoms with E-state index in [4.69, 9.17) is 0 Å². The third kappa shape index (κ3) is 3.46. The van der Waals surface area contributed by atoms with Gasteiger partial charge in [0.1, 0.15) is 11.6 Å². The zero-order valence-electron chi connectivity index (χ0n) is 14.8. The number of nitrogens with zero attached hydrogens (tertiary/aromatic N) is 4. The van der Waals surface area contributed by atoms with Crippen LogP contribution in [0.3, 0.4) is 0 Å². The van der Waals surface area contributed by atoms with Gasteiger partial charge in [0, 0.05) is 49.3 Å². The molecule has 2 aromatic carbocycles. The van der Waals surface area contributed by atoms with Crippen molar-refractivity contribution >= 4 is 11.4 Å². The summed E-state index contributed by atoms with van der Waals surface area (Å²) in [6, 6.07) is 12.1. The topological polar surface area (TPSA) is 41.4 Å². The van der Waals surface area contributed by atoms with E-state index in [-0.39, 0.29) is 5.56 Å². The Morgan fingerprint density at radius 1 is 0.963 bits per heavy atom. The molecule has 0 spiro atoms. The Bertz CT molecular complexity index is 1030. The number of hydrogen-bond donors (Lipinski definition) is 0. The Labute approximate surface area is 155 Å². The first kappa shape index (κ1) is 17.4. The quantitative estimate of drug-likeness (QED) is 0.697. The maximum atomic E-state index is 13.7. The lowest BCUT2D eigenvalue weighted by Gasteiger charge is -2.25. The van der Waals surface area contributed by atoms with Crippen molar-refractivity contribution in [2.45, 2.75) is 6.54 Å². The molecule has 0 N–H and O–H groups in total. The monoisotopic (exact) mass is 368 g/mol. The molecule has 0 saturated carbocycles. The van der Waals surface area contributed by atoms with E-state index in [0.717, 1.165) is 23.9 Å². The molecule has 1 aliphatic heterocycles. The molecule has 27 heavy (non-hydrogen) atoms. The Morgan fingerprint density at radius 2 is 1.74 bits per heavy atom. The second-order valence-corrected chi connectivity index (χ2v) is 6.60. The molecule has 1 aromatic heterocycles. The van der Waals surface area contributed by atoms with E-state index in [1.165, 1.54) is 22.9 Å². The summed E-state index contributed by atoms with van der Waals surface area (Å²) in [6.45, 7) is 1.97. The highest BCUT2D eigenvalue weighted by atomic mass is 19.1. The van der Waals surface area contributed by atoms with Crippen LogP contribution >= 0.6 is 0 Å². The van der Waals surface area contributed by atoms with Crippen LogP contribution in [0.15, 0.2) is 59.5 Å². The average molecular weight is 368 g/mol. The number of rotatable bonds is 2. The second-order valence-electron chi connectivity index (χ2n) is 6.60. The Morgan fingerprint density at radius 3 is 2.48 bits per heavy atom. The van der Waals surface area contributed by atoms with Crippen molar-refractivity contribution < 1.29 is 8.78 Å². The van der Waals surface area contributed by atoms with E-state index in [0.29, 0.717) is 24.5 Å². The minimum Gasteiger partial charge on any atom is -0.340 e. The van der Waals surface area contributed by atoms with Crippen molar-refractivity contribution in [3.63, 3.8) is 0 Å². The molecule has 0 unspecified atom stereocenters. The van der Waals surface area contributed by atoms with Crippen molar-refractivity contribution in [3.05, 3.63) is 82.3 Å². The molecule has 2 heterocycles. The molecule has 3 aromatic rings. The van der Waals surface area contributed by atoms with Crippen molar-refractivity contribution in [3.8, 4) is 5.69 Å². The molecule has 5 nitrogen and oxygen atoms in total. The Kier molecular flexibility index (Phi) is 4.45. The average Bonchev–Trinajstić information content (AvgIpc) is 2.79.